The number of halogens is 5. The molecule has 1 saturated heterocycles. The number of benzene rings is 2. The van der Waals surface area contributed by atoms with E-state index in [0.29, 0.717) is 15.3 Å². The zero-order valence-corrected chi connectivity index (χ0v) is 18.7. The molecule has 0 bridgehead atoms. The van der Waals surface area contributed by atoms with Crippen LogP contribution in [0.5, 0.6) is 0 Å². The van der Waals surface area contributed by atoms with Crippen LogP contribution in [0.25, 0.3) is 5.69 Å². The van der Waals surface area contributed by atoms with Crippen LogP contribution in [0.15, 0.2) is 48.7 Å². The molecule has 2 heterocycles. The van der Waals surface area contributed by atoms with Crippen molar-refractivity contribution in [3.8, 4) is 5.69 Å². The summed E-state index contributed by atoms with van der Waals surface area (Å²) < 4.78 is 56.2. The maximum absolute atomic E-state index is 13.9. The third-order valence-corrected chi connectivity index (χ3v) is 5.86. The summed E-state index contributed by atoms with van der Waals surface area (Å²) in [5.41, 5.74) is -1.08. The highest BCUT2D eigenvalue weighted by Crippen LogP contribution is 2.34. The molecule has 1 aromatic heterocycles. The molecule has 6 nitrogen and oxygen atoms in total. The highest BCUT2D eigenvalue weighted by Gasteiger charge is 2.42. The topological polar surface area (TPSA) is 58.4 Å². The first kappa shape index (κ1) is 23.7. The molecule has 0 radical (unpaired) electrons. The number of hydrogen-bond donors (Lipinski definition) is 0. The molecule has 1 fully saturated rings. The van der Waals surface area contributed by atoms with Crippen LogP contribution in [-0.4, -0.2) is 57.6 Å². The number of alkyl halides is 3. The van der Waals surface area contributed by atoms with Gasteiger partial charge >= 0.3 is 6.18 Å². The Bertz CT molecular complexity index is 1230. The minimum absolute atomic E-state index is 0.0301. The van der Waals surface area contributed by atoms with E-state index in [4.69, 9.17) is 11.6 Å². The van der Waals surface area contributed by atoms with E-state index in [2.05, 4.69) is 5.10 Å². The average molecular weight is 495 g/mol. The van der Waals surface area contributed by atoms with Crippen LogP contribution >= 0.6 is 11.6 Å². The van der Waals surface area contributed by atoms with Gasteiger partial charge in [0.2, 0.25) is 0 Å². The fraction of sp³-hybridized carbons (Fsp3) is 0.261. The Kier molecular flexibility index (Phi) is 6.35. The van der Waals surface area contributed by atoms with Gasteiger partial charge in [0.15, 0.2) is 5.69 Å². The van der Waals surface area contributed by atoms with Crippen molar-refractivity contribution < 1.29 is 27.2 Å². The second kappa shape index (κ2) is 9.09. The summed E-state index contributed by atoms with van der Waals surface area (Å²) in [6.07, 6.45) is -3.94. The lowest BCUT2D eigenvalue weighted by atomic mass is 10.1. The van der Waals surface area contributed by atoms with Crippen LogP contribution < -0.4 is 0 Å². The van der Waals surface area contributed by atoms with Crippen molar-refractivity contribution in [2.24, 2.45) is 0 Å². The van der Waals surface area contributed by atoms with Gasteiger partial charge in [0.25, 0.3) is 11.8 Å². The molecule has 11 heteroatoms. The lowest BCUT2D eigenvalue weighted by Gasteiger charge is -2.35. The van der Waals surface area contributed by atoms with E-state index in [0.717, 1.165) is 12.3 Å². The lowest BCUT2D eigenvalue weighted by molar-refractivity contribution is -0.143. The van der Waals surface area contributed by atoms with Gasteiger partial charge in [-0.15, -0.1) is 0 Å². The first-order chi connectivity index (χ1) is 16.1. The van der Waals surface area contributed by atoms with Crippen molar-refractivity contribution in [3.05, 3.63) is 81.9 Å². The molecule has 0 spiro atoms. The number of piperazine rings is 1. The standard InChI is InChI=1S/C23H19ClF4N4O2/c1-14-2-3-15(12-19(14)25)21(33)30-8-10-31(11-9-30)22(34)18-13-29-32(20(18)23(26,27)28)17-6-4-16(24)5-7-17/h2-7,12-13H,8-11H2,1H3. The van der Waals surface area contributed by atoms with Crippen molar-refractivity contribution >= 4 is 23.4 Å². The second-order valence-corrected chi connectivity index (χ2v) is 8.28. The minimum atomic E-state index is -4.84. The number of carbonyl (C=O) groups excluding carboxylic acids is 2. The molecular weight excluding hydrogens is 476 g/mol. The predicted molar refractivity (Wildman–Crippen MR) is 117 cm³/mol. The Balaban J connectivity index is 1.52. The van der Waals surface area contributed by atoms with E-state index in [1.807, 2.05) is 0 Å². The monoisotopic (exact) mass is 494 g/mol. The largest absolute Gasteiger partial charge is 0.434 e. The Hall–Kier alpha value is -3.40. The normalized spacial score (nSPS) is 14.4. The summed E-state index contributed by atoms with van der Waals surface area (Å²) in [5.74, 6) is -1.74. The summed E-state index contributed by atoms with van der Waals surface area (Å²) in [5, 5.41) is 4.15. The fourth-order valence-electron chi connectivity index (χ4n) is 3.75. The van der Waals surface area contributed by atoms with Gasteiger partial charge in [-0.05, 0) is 48.9 Å². The summed E-state index contributed by atoms with van der Waals surface area (Å²) >= 11 is 5.81. The molecule has 1 aliphatic rings. The van der Waals surface area contributed by atoms with Crippen molar-refractivity contribution in [1.82, 2.24) is 19.6 Å². The van der Waals surface area contributed by atoms with Crippen LogP contribution in [0.2, 0.25) is 5.02 Å². The Morgan fingerprint density at radius 2 is 1.53 bits per heavy atom. The van der Waals surface area contributed by atoms with E-state index in [9.17, 15) is 27.2 Å². The van der Waals surface area contributed by atoms with Crippen LogP contribution in [0, 0.1) is 12.7 Å². The summed E-state index contributed by atoms with van der Waals surface area (Å²) in [7, 11) is 0. The first-order valence-electron chi connectivity index (χ1n) is 10.3. The van der Waals surface area contributed by atoms with Crippen LogP contribution in [0.3, 0.4) is 0 Å². The lowest BCUT2D eigenvalue weighted by Crippen LogP contribution is -2.50. The molecule has 0 saturated carbocycles. The number of carbonyl (C=O) groups is 2. The minimum Gasteiger partial charge on any atom is -0.335 e. The number of amides is 2. The smallest absolute Gasteiger partial charge is 0.335 e. The van der Waals surface area contributed by atoms with Crippen LogP contribution in [0.1, 0.15) is 32.0 Å². The summed E-state index contributed by atoms with van der Waals surface area (Å²) in [6, 6.07) is 9.76. The summed E-state index contributed by atoms with van der Waals surface area (Å²) in [4.78, 5) is 28.3. The Morgan fingerprint density at radius 1 is 0.941 bits per heavy atom. The van der Waals surface area contributed by atoms with E-state index >= 15 is 0 Å². The number of aryl methyl sites for hydroxylation is 1. The average Bonchev–Trinajstić information content (AvgIpc) is 3.26. The van der Waals surface area contributed by atoms with Crippen molar-refractivity contribution in [2.75, 3.05) is 26.2 Å². The SMILES string of the molecule is Cc1ccc(C(=O)N2CCN(C(=O)c3cnn(-c4ccc(Cl)cc4)c3C(F)(F)F)CC2)cc1F. The molecule has 2 aromatic carbocycles. The van der Waals surface area contributed by atoms with Gasteiger partial charge in [-0.3, -0.25) is 9.59 Å². The predicted octanol–water partition coefficient (Wildman–Crippen LogP) is 4.59. The third-order valence-electron chi connectivity index (χ3n) is 5.61. The van der Waals surface area contributed by atoms with Gasteiger partial charge < -0.3 is 9.80 Å². The zero-order valence-electron chi connectivity index (χ0n) is 17.9. The molecular formula is C23H19ClF4N4O2. The second-order valence-electron chi connectivity index (χ2n) is 7.84. The maximum Gasteiger partial charge on any atom is 0.434 e. The fourth-order valence-corrected chi connectivity index (χ4v) is 3.87. The van der Waals surface area contributed by atoms with Crippen molar-refractivity contribution in [1.29, 1.82) is 0 Å². The van der Waals surface area contributed by atoms with Crippen molar-refractivity contribution in [3.63, 3.8) is 0 Å². The van der Waals surface area contributed by atoms with Gasteiger partial charge in [0, 0.05) is 36.8 Å². The molecule has 1 aliphatic heterocycles. The van der Waals surface area contributed by atoms with E-state index in [1.165, 1.54) is 46.2 Å². The quantitative estimate of drug-likeness (QED) is 0.500. The molecule has 0 aliphatic carbocycles. The highest BCUT2D eigenvalue weighted by atomic mass is 35.5. The number of hydrogen-bond acceptors (Lipinski definition) is 3. The number of rotatable bonds is 3. The molecule has 3 aromatic rings. The van der Waals surface area contributed by atoms with E-state index < -0.39 is 35.1 Å². The number of nitrogens with zero attached hydrogens (tertiary/aromatic N) is 4. The molecule has 0 N–H and O–H groups in total. The maximum atomic E-state index is 13.9. The van der Waals surface area contributed by atoms with Gasteiger partial charge in [0.1, 0.15) is 5.82 Å². The first-order valence-corrected chi connectivity index (χ1v) is 10.7. The van der Waals surface area contributed by atoms with Gasteiger partial charge in [-0.2, -0.15) is 18.3 Å². The Labute approximate surface area is 197 Å². The molecule has 4 rings (SSSR count). The Morgan fingerprint density at radius 3 is 2.09 bits per heavy atom. The van der Waals surface area contributed by atoms with Crippen molar-refractivity contribution in [2.45, 2.75) is 13.1 Å². The van der Waals surface area contributed by atoms with E-state index in [1.54, 1.807) is 6.92 Å². The zero-order chi connectivity index (χ0) is 24.6. The summed E-state index contributed by atoms with van der Waals surface area (Å²) in [6.45, 7) is 1.85. The molecule has 0 unspecified atom stereocenters. The molecule has 34 heavy (non-hydrogen) atoms. The van der Waals surface area contributed by atoms with Gasteiger partial charge in [-0.1, -0.05) is 17.7 Å². The third kappa shape index (κ3) is 4.63. The highest BCUT2D eigenvalue weighted by molar-refractivity contribution is 6.30. The molecule has 178 valence electrons. The molecule has 0 atom stereocenters. The number of aromatic nitrogens is 2. The van der Waals surface area contributed by atoms with Crippen LogP contribution in [-0.2, 0) is 6.18 Å². The van der Waals surface area contributed by atoms with Gasteiger partial charge in [0.05, 0.1) is 17.4 Å². The van der Waals surface area contributed by atoms with Crippen LogP contribution in [0.4, 0.5) is 17.6 Å². The molecule has 2 amide bonds. The van der Waals surface area contributed by atoms with E-state index in [-0.39, 0.29) is 37.4 Å². The van der Waals surface area contributed by atoms with Gasteiger partial charge in [-0.25, -0.2) is 9.07 Å².